The molecule has 3 fully saturated rings. The Hall–Kier alpha value is -3.17. The average Bonchev–Trinajstić information content (AvgIpc) is 3.34. The molecule has 1 aromatic carbocycles. The first kappa shape index (κ1) is 21.7. The summed E-state index contributed by atoms with van der Waals surface area (Å²) >= 11 is 0. The number of carbonyl (C=O) groups is 2. The maximum Gasteiger partial charge on any atom is 0.242 e. The third-order valence-electron chi connectivity index (χ3n) is 7.25. The number of amides is 2. The second-order valence-corrected chi connectivity index (χ2v) is 9.33. The van der Waals surface area contributed by atoms with Gasteiger partial charge in [0.1, 0.15) is 0 Å². The number of aliphatic hydroxyl groups excluding tert-OH is 1. The smallest absolute Gasteiger partial charge is 0.242 e. The highest BCUT2D eigenvalue weighted by molar-refractivity contribution is 5.88. The molecule has 3 atom stereocenters. The number of carbonyl (C=O) groups excluding carboxylic acids is 2. The Morgan fingerprint density at radius 1 is 1.15 bits per heavy atom. The van der Waals surface area contributed by atoms with E-state index < -0.39 is 0 Å². The minimum Gasteiger partial charge on any atom is -0.394 e. The van der Waals surface area contributed by atoms with Gasteiger partial charge in [-0.15, -0.1) is 0 Å². The fourth-order valence-electron chi connectivity index (χ4n) is 5.52. The minimum absolute atomic E-state index is 0.00443. The van der Waals surface area contributed by atoms with Gasteiger partial charge in [0.25, 0.3) is 0 Å². The number of piperazine rings is 1. The number of hydrogen-bond acceptors (Lipinski definition) is 4. The van der Waals surface area contributed by atoms with Crippen molar-refractivity contribution in [3.8, 4) is 11.8 Å². The van der Waals surface area contributed by atoms with Crippen molar-refractivity contribution in [2.75, 3.05) is 19.7 Å². The molecule has 2 aliphatic heterocycles. The van der Waals surface area contributed by atoms with Gasteiger partial charge in [0, 0.05) is 36.3 Å². The van der Waals surface area contributed by atoms with Crippen molar-refractivity contribution in [2.24, 2.45) is 5.92 Å². The van der Waals surface area contributed by atoms with Crippen LogP contribution in [0.1, 0.15) is 48.3 Å². The van der Waals surface area contributed by atoms with Gasteiger partial charge >= 0.3 is 0 Å². The summed E-state index contributed by atoms with van der Waals surface area (Å²) in [5, 5.41) is 10.0. The van der Waals surface area contributed by atoms with Crippen molar-refractivity contribution in [3.63, 3.8) is 0 Å². The monoisotopic (exact) mass is 443 g/mol. The number of aromatic nitrogens is 1. The third-order valence-corrected chi connectivity index (χ3v) is 7.25. The van der Waals surface area contributed by atoms with Crippen LogP contribution in [-0.2, 0) is 16.0 Å². The predicted molar refractivity (Wildman–Crippen MR) is 124 cm³/mol. The summed E-state index contributed by atoms with van der Waals surface area (Å²) in [4.78, 5) is 33.2. The highest BCUT2D eigenvalue weighted by Gasteiger charge is 2.54. The Labute approximate surface area is 194 Å². The molecule has 1 aromatic heterocycles. The molecule has 1 saturated carbocycles. The van der Waals surface area contributed by atoms with E-state index in [0.717, 1.165) is 16.7 Å². The Kier molecular flexibility index (Phi) is 6.15. The summed E-state index contributed by atoms with van der Waals surface area (Å²) in [5.74, 6) is 7.05. The molecule has 1 aliphatic carbocycles. The minimum atomic E-state index is -0.242. The maximum absolute atomic E-state index is 12.9. The molecule has 170 valence electrons. The number of pyridine rings is 1. The average molecular weight is 444 g/mol. The van der Waals surface area contributed by atoms with Crippen LogP contribution in [0, 0.1) is 17.8 Å². The van der Waals surface area contributed by atoms with E-state index in [0.29, 0.717) is 12.5 Å². The van der Waals surface area contributed by atoms with Crippen molar-refractivity contribution in [1.29, 1.82) is 0 Å². The number of aliphatic hydroxyl groups is 1. The Balaban J connectivity index is 1.29. The predicted octanol–water partition coefficient (Wildman–Crippen LogP) is 2.36. The van der Waals surface area contributed by atoms with Crippen LogP contribution in [0.2, 0.25) is 0 Å². The zero-order chi connectivity index (χ0) is 22.8. The first-order valence-corrected chi connectivity index (χ1v) is 11.8. The van der Waals surface area contributed by atoms with Crippen LogP contribution in [0.5, 0.6) is 0 Å². The number of rotatable bonds is 4. The second-order valence-electron chi connectivity index (χ2n) is 9.33. The van der Waals surface area contributed by atoms with Crippen LogP contribution >= 0.6 is 0 Å². The number of hydrogen-bond donors (Lipinski definition) is 1. The van der Waals surface area contributed by atoms with E-state index in [1.54, 1.807) is 28.3 Å². The quantitative estimate of drug-likeness (QED) is 0.737. The molecule has 1 N–H and O–H groups in total. The van der Waals surface area contributed by atoms with Crippen LogP contribution in [0.4, 0.5) is 0 Å². The van der Waals surface area contributed by atoms with E-state index in [4.69, 9.17) is 0 Å². The lowest BCUT2D eigenvalue weighted by molar-refractivity contribution is -0.166. The largest absolute Gasteiger partial charge is 0.394 e. The highest BCUT2D eigenvalue weighted by atomic mass is 16.3. The van der Waals surface area contributed by atoms with Gasteiger partial charge < -0.3 is 14.9 Å². The normalized spacial score (nSPS) is 24.6. The van der Waals surface area contributed by atoms with E-state index >= 15 is 0 Å². The van der Waals surface area contributed by atoms with Gasteiger partial charge in [-0.2, -0.15) is 0 Å². The number of nitrogens with zero attached hydrogens (tertiary/aromatic N) is 3. The van der Waals surface area contributed by atoms with Gasteiger partial charge in [-0.05, 0) is 42.2 Å². The molecule has 2 saturated heterocycles. The lowest BCUT2D eigenvalue weighted by atomic mass is 9.73. The van der Waals surface area contributed by atoms with Crippen LogP contribution in [0.3, 0.4) is 0 Å². The summed E-state index contributed by atoms with van der Waals surface area (Å²) in [5.41, 5.74) is 2.91. The Morgan fingerprint density at radius 3 is 2.64 bits per heavy atom. The molecule has 6 heteroatoms. The van der Waals surface area contributed by atoms with Crippen molar-refractivity contribution in [1.82, 2.24) is 14.8 Å². The molecular weight excluding hydrogens is 414 g/mol. The fourth-order valence-corrected chi connectivity index (χ4v) is 5.52. The lowest BCUT2D eigenvalue weighted by Gasteiger charge is -2.58. The third kappa shape index (κ3) is 4.38. The zero-order valence-electron chi connectivity index (χ0n) is 18.7. The van der Waals surface area contributed by atoms with E-state index in [-0.39, 0.29) is 49.4 Å². The second kappa shape index (κ2) is 9.36. The molecule has 2 amide bonds. The molecule has 3 heterocycles. The van der Waals surface area contributed by atoms with Crippen molar-refractivity contribution < 1.29 is 14.7 Å². The molecule has 6 nitrogen and oxygen atoms in total. The molecule has 33 heavy (non-hydrogen) atoms. The number of benzene rings is 1. The van der Waals surface area contributed by atoms with Crippen molar-refractivity contribution >= 4 is 11.8 Å². The topological polar surface area (TPSA) is 73.7 Å². The van der Waals surface area contributed by atoms with Crippen molar-refractivity contribution in [3.05, 3.63) is 65.5 Å². The van der Waals surface area contributed by atoms with Crippen LogP contribution < -0.4 is 0 Å². The van der Waals surface area contributed by atoms with Gasteiger partial charge in [0.05, 0.1) is 31.7 Å². The highest BCUT2D eigenvalue weighted by Crippen LogP contribution is 2.43. The SMILES string of the molecule is O=C(Cc1cccnc1)N1CC(=O)N2[C@H](C1)[C@H](c1ccc(C#CC3CCCC3)cc1)[C@@H]2CO. The lowest BCUT2D eigenvalue weighted by Crippen LogP contribution is -2.73. The molecule has 2 aromatic rings. The summed E-state index contributed by atoms with van der Waals surface area (Å²) in [7, 11) is 0. The molecule has 5 rings (SSSR count). The Bertz CT molecular complexity index is 1070. The maximum atomic E-state index is 12.9. The molecule has 3 aliphatic rings. The van der Waals surface area contributed by atoms with Gasteiger partial charge in [-0.3, -0.25) is 14.6 Å². The summed E-state index contributed by atoms with van der Waals surface area (Å²) in [6.07, 6.45) is 8.55. The Morgan fingerprint density at radius 2 is 1.94 bits per heavy atom. The van der Waals surface area contributed by atoms with E-state index in [1.165, 1.54) is 25.7 Å². The van der Waals surface area contributed by atoms with Gasteiger partial charge in [0.15, 0.2) is 0 Å². The number of fused-ring (bicyclic) bond motifs is 1. The molecular formula is C27H29N3O3. The van der Waals surface area contributed by atoms with Crippen LogP contribution in [-0.4, -0.2) is 63.5 Å². The standard InChI is InChI=1S/C27H29N3O3/c31-18-24-27(22-11-9-20(10-12-22)8-7-19-4-1-2-5-19)23-16-29(17-26(33)30(23)24)25(32)14-21-6-3-13-28-15-21/h3,6,9-13,15,19,23-24,27,31H,1-2,4-5,14,16-18H2/t23-,24+,27+/m1/s1. The van der Waals surface area contributed by atoms with Crippen molar-refractivity contribution in [2.45, 2.75) is 50.1 Å². The summed E-state index contributed by atoms with van der Waals surface area (Å²) in [6, 6.07) is 11.5. The van der Waals surface area contributed by atoms with Gasteiger partial charge in [0.2, 0.25) is 11.8 Å². The molecule has 0 radical (unpaired) electrons. The molecule has 0 spiro atoms. The van der Waals surface area contributed by atoms with E-state index in [1.807, 2.05) is 18.2 Å². The first-order valence-electron chi connectivity index (χ1n) is 11.8. The summed E-state index contributed by atoms with van der Waals surface area (Å²) < 4.78 is 0. The van der Waals surface area contributed by atoms with Crippen LogP contribution in [0.25, 0.3) is 0 Å². The zero-order valence-corrected chi connectivity index (χ0v) is 18.7. The van der Waals surface area contributed by atoms with Gasteiger partial charge in [-0.25, -0.2) is 0 Å². The molecule has 0 bridgehead atoms. The summed E-state index contributed by atoms with van der Waals surface area (Å²) in [6.45, 7) is 0.462. The van der Waals surface area contributed by atoms with E-state index in [9.17, 15) is 14.7 Å². The molecule has 0 unspecified atom stereocenters. The van der Waals surface area contributed by atoms with Crippen LogP contribution in [0.15, 0.2) is 48.8 Å². The van der Waals surface area contributed by atoms with Gasteiger partial charge in [-0.1, -0.05) is 42.9 Å². The first-order chi connectivity index (χ1) is 16.1. The van der Waals surface area contributed by atoms with E-state index in [2.05, 4.69) is 29.0 Å². The fraction of sp³-hybridized carbons (Fsp3) is 0.444.